The molecule has 0 unspecified atom stereocenters. The second-order valence-electron chi connectivity index (χ2n) is 7.20. The third kappa shape index (κ3) is 4.32. The van der Waals surface area contributed by atoms with Crippen LogP contribution in [-0.2, 0) is 6.54 Å². The van der Waals surface area contributed by atoms with Gasteiger partial charge in [-0.1, -0.05) is 60.7 Å². The van der Waals surface area contributed by atoms with Gasteiger partial charge in [-0.25, -0.2) is 0 Å². The van der Waals surface area contributed by atoms with Crippen LogP contribution >= 0.6 is 0 Å². The Kier molecular flexibility index (Phi) is 5.40. The molecule has 3 heteroatoms. The van der Waals surface area contributed by atoms with Gasteiger partial charge in [0, 0.05) is 30.8 Å². The minimum Gasteiger partial charge on any atom is -0.297 e. The molecule has 0 saturated carbocycles. The topological polar surface area (TPSA) is 33.2 Å². The molecule has 4 rings (SSSR count). The highest BCUT2D eigenvalue weighted by atomic mass is 16.1. The first kappa shape index (κ1) is 17.6. The molecule has 3 aromatic rings. The number of carbonyl (C=O) groups is 1. The summed E-state index contributed by atoms with van der Waals surface area (Å²) in [6.07, 6.45) is 3.86. The lowest BCUT2D eigenvalue weighted by Gasteiger charge is -2.31. The number of aromatic nitrogens is 1. The van der Waals surface area contributed by atoms with E-state index in [0.29, 0.717) is 0 Å². The molecule has 1 aliphatic heterocycles. The monoisotopic (exact) mass is 356 g/mol. The van der Waals surface area contributed by atoms with E-state index in [2.05, 4.69) is 34.1 Å². The summed E-state index contributed by atoms with van der Waals surface area (Å²) in [6, 6.07) is 24.3. The normalized spacial score (nSPS) is 17.6. The van der Waals surface area contributed by atoms with Crippen molar-refractivity contribution in [1.82, 2.24) is 9.88 Å². The van der Waals surface area contributed by atoms with Gasteiger partial charge in [0.25, 0.3) is 0 Å². The van der Waals surface area contributed by atoms with E-state index >= 15 is 0 Å². The highest BCUT2D eigenvalue weighted by Crippen LogP contribution is 2.24. The summed E-state index contributed by atoms with van der Waals surface area (Å²) in [5.74, 6) is 0.338. The van der Waals surface area contributed by atoms with Gasteiger partial charge in [0.1, 0.15) is 0 Å². The Labute approximate surface area is 160 Å². The van der Waals surface area contributed by atoms with Crippen molar-refractivity contribution in [2.24, 2.45) is 5.92 Å². The number of pyridine rings is 1. The van der Waals surface area contributed by atoms with Gasteiger partial charge >= 0.3 is 0 Å². The van der Waals surface area contributed by atoms with E-state index in [0.717, 1.165) is 49.3 Å². The fourth-order valence-corrected chi connectivity index (χ4v) is 3.83. The van der Waals surface area contributed by atoms with Crippen molar-refractivity contribution in [2.75, 3.05) is 13.1 Å². The third-order valence-electron chi connectivity index (χ3n) is 5.26. The molecule has 1 saturated heterocycles. The summed E-state index contributed by atoms with van der Waals surface area (Å²) >= 11 is 0. The van der Waals surface area contributed by atoms with Crippen molar-refractivity contribution in [3.05, 3.63) is 90.3 Å². The molecule has 27 heavy (non-hydrogen) atoms. The summed E-state index contributed by atoms with van der Waals surface area (Å²) < 4.78 is 0. The predicted octanol–water partition coefficient (Wildman–Crippen LogP) is 4.84. The molecule has 1 aromatic heterocycles. The number of carbonyl (C=O) groups excluding carboxylic acids is 1. The number of Topliss-reactive ketones (excluding diaryl/α,β-unsaturated/α-hetero) is 1. The molecule has 0 spiro atoms. The SMILES string of the molecule is O=C(c1ccc(-c2ccccc2)cc1)[C@H]1CCCN(Cc2ccccn2)C1. The molecule has 0 amide bonds. The van der Waals surface area contributed by atoms with Crippen LogP contribution in [0, 0.1) is 5.92 Å². The van der Waals surface area contributed by atoms with E-state index in [1.165, 1.54) is 5.56 Å². The second-order valence-corrected chi connectivity index (χ2v) is 7.20. The number of benzene rings is 2. The van der Waals surface area contributed by atoms with Gasteiger partial charge in [-0.3, -0.25) is 14.7 Å². The maximum Gasteiger partial charge on any atom is 0.167 e. The van der Waals surface area contributed by atoms with Gasteiger partial charge in [0.2, 0.25) is 0 Å². The number of rotatable bonds is 5. The summed E-state index contributed by atoms with van der Waals surface area (Å²) in [5.41, 5.74) is 4.21. The quantitative estimate of drug-likeness (QED) is 0.613. The van der Waals surface area contributed by atoms with E-state index < -0.39 is 0 Å². The van der Waals surface area contributed by atoms with Gasteiger partial charge in [0.05, 0.1) is 5.69 Å². The zero-order chi connectivity index (χ0) is 18.5. The van der Waals surface area contributed by atoms with Crippen LogP contribution < -0.4 is 0 Å². The van der Waals surface area contributed by atoms with Gasteiger partial charge in [-0.05, 0) is 42.6 Å². The second kappa shape index (κ2) is 8.28. The molecule has 0 bridgehead atoms. The zero-order valence-corrected chi connectivity index (χ0v) is 15.4. The number of hydrogen-bond acceptors (Lipinski definition) is 3. The average Bonchev–Trinajstić information content (AvgIpc) is 2.75. The highest BCUT2D eigenvalue weighted by molar-refractivity contribution is 5.98. The van der Waals surface area contributed by atoms with Crippen molar-refractivity contribution in [3.63, 3.8) is 0 Å². The first-order chi connectivity index (χ1) is 13.3. The fraction of sp³-hybridized carbons (Fsp3) is 0.250. The van der Waals surface area contributed by atoms with Crippen LogP contribution in [0.3, 0.4) is 0 Å². The molecule has 1 fully saturated rings. The van der Waals surface area contributed by atoms with Crippen LogP contribution in [0.4, 0.5) is 0 Å². The van der Waals surface area contributed by atoms with Crippen LogP contribution in [0.25, 0.3) is 11.1 Å². The zero-order valence-electron chi connectivity index (χ0n) is 15.4. The van der Waals surface area contributed by atoms with Gasteiger partial charge in [-0.15, -0.1) is 0 Å². The summed E-state index contributed by atoms with van der Waals surface area (Å²) in [7, 11) is 0. The van der Waals surface area contributed by atoms with Crippen molar-refractivity contribution in [3.8, 4) is 11.1 Å². The molecule has 2 aromatic carbocycles. The van der Waals surface area contributed by atoms with Crippen molar-refractivity contribution >= 4 is 5.78 Å². The van der Waals surface area contributed by atoms with E-state index in [9.17, 15) is 4.79 Å². The number of hydrogen-bond donors (Lipinski definition) is 0. The molecule has 0 radical (unpaired) electrons. The summed E-state index contributed by atoms with van der Waals surface area (Å²) in [4.78, 5) is 19.8. The largest absolute Gasteiger partial charge is 0.297 e. The first-order valence-electron chi connectivity index (χ1n) is 9.61. The van der Waals surface area contributed by atoms with E-state index in [-0.39, 0.29) is 11.7 Å². The van der Waals surface area contributed by atoms with Crippen LogP contribution in [0.1, 0.15) is 28.9 Å². The minimum atomic E-state index is 0.0741. The van der Waals surface area contributed by atoms with Gasteiger partial charge < -0.3 is 0 Å². The van der Waals surface area contributed by atoms with Gasteiger partial charge in [-0.2, -0.15) is 0 Å². The van der Waals surface area contributed by atoms with E-state index in [1.54, 1.807) is 0 Å². The number of piperidine rings is 1. The molecule has 0 N–H and O–H groups in total. The van der Waals surface area contributed by atoms with Gasteiger partial charge in [0.15, 0.2) is 5.78 Å². The molecule has 1 aliphatic rings. The molecule has 2 heterocycles. The average molecular weight is 356 g/mol. The standard InChI is InChI=1S/C24H24N2O/c27-24(21-13-11-20(12-14-21)19-7-2-1-3-8-19)22-9-6-16-26(17-22)18-23-10-4-5-15-25-23/h1-5,7-8,10-15,22H,6,9,16-18H2/t22-/m0/s1. The predicted molar refractivity (Wildman–Crippen MR) is 108 cm³/mol. The maximum atomic E-state index is 13.0. The lowest BCUT2D eigenvalue weighted by molar-refractivity contribution is 0.0810. The molecular formula is C24H24N2O. The summed E-state index contributed by atoms with van der Waals surface area (Å²) in [5, 5.41) is 0. The highest BCUT2D eigenvalue weighted by Gasteiger charge is 2.26. The Hall–Kier alpha value is -2.78. The summed E-state index contributed by atoms with van der Waals surface area (Å²) in [6.45, 7) is 2.67. The van der Waals surface area contributed by atoms with Crippen molar-refractivity contribution in [2.45, 2.75) is 19.4 Å². The van der Waals surface area contributed by atoms with Crippen LogP contribution in [0.5, 0.6) is 0 Å². The van der Waals surface area contributed by atoms with E-state index in [4.69, 9.17) is 0 Å². The number of likely N-dealkylation sites (tertiary alicyclic amines) is 1. The van der Waals surface area contributed by atoms with Crippen LogP contribution in [-0.4, -0.2) is 28.8 Å². The third-order valence-corrected chi connectivity index (χ3v) is 5.26. The Morgan fingerprint density at radius 1 is 0.926 bits per heavy atom. The fourth-order valence-electron chi connectivity index (χ4n) is 3.83. The minimum absolute atomic E-state index is 0.0741. The van der Waals surface area contributed by atoms with Crippen LogP contribution in [0.15, 0.2) is 79.0 Å². The Balaban J connectivity index is 1.42. The van der Waals surface area contributed by atoms with Crippen molar-refractivity contribution in [1.29, 1.82) is 0 Å². The molecule has 3 nitrogen and oxygen atoms in total. The smallest absolute Gasteiger partial charge is 0.167 e. The maximum absolute atomic E-state index is 13.0. The lowest BCUT2D eigenvalue weighted by Crippen LogP contribution is -2.38. The Bertz CT molecular complexity index is 875. The Morgan fingerprint density at radius 3 is 2.41 bits per heavy atom. The molecule has 0 aliphatic carbocycles. The number of ketones is 1. The lowest BCUT2D eigenvalue weighted by atomic mass is 9.89. The van der Waals surface area contributed by atoms with Crippen LogP contribution in [0.2, 0.25) is 0 Å². The number of nitrogens with zero attached hydrogens (tertiary/aromatic N) is 2. The molecule has 136 valence electrons. The van der Waals surface area contributed by atoms with E-state index in [1.807, 2.05) is 54.7 Å². The molecule has 1 atom stereocenters. The molecular weight excluding hydrogens is 332 g/mol. The van der Waals surface area contributed by atoms with Crippen molar-refractivity contribution < 1.29 is 4.79 Å². The first-order valence-corrected chi connectivity index (χ1v) is 9.61. The Morgan fingerprint density at radius 2 is 1.67 bits per heavy atom.